The minimum Gasteiger partial charge on any atom is -0.339 e. The Morgan fingerprint density at radius 3 is 2.57 bits per heavy atom. The standard InChI is InChI=1S/C17H25ClFN3O/c1-3-6-17(2,20)16(23)22-9-7-21(8-10-22)12-13-4-5-14(19)11-15(13)18/h4-5,11H,3,6-10,12,20H2,1-2H3. The van der Waals surface area contributed by atoms with Crippen molar-refractivity contribution in [3.63, 3.8) is 0 Å². The van der Waals surface area contributed by atoms with Crippen molar-refractivity contribution in [2.45, 2.75) is 38.8 Å². The van der Waals surface area contributed by atoms with Crippen molar-refractivity contribution >= 4 is 17.5 Å². The fourth-order valence-electron chi connectivity index (χ4n) is 2.99. The second-order valence-electron chi connectivity index (χ2n) is 6.47. The van der Waals surface area contributed by atoms with Gasteiger partial charge in [-0.15, -0.1) is 0 Å². The number of carbonyl (C=O) groups excluding carboxylic acids is 1. The largest absolute Gasteiger partial charge is 0.339 e. The molecule has 0 radical (unpaired) electrons. The monoisotopic (exact) mass is 341 g/mol. The van der Waals surface area contributed by atoms with Gasteiger partial charge in [0.05, 0.1) is 5.54 Å². The predicted molar refractivity (Wildman–Crippen MR) is 90.8 cm³/mol. The summed E-state index contributed by atoms with van der Waals surface area (Å²) in [5.41, 5.74) is 6.26. The average molecular weight is 342 g/mol. The van der Waals surface area contributed by atoms with E-state index in [0.717, 1.165) is 25.1 Å². The summed E-state index contributed by atoms with van der Waals surface area (Å²) in [6, 6.07) is 4.47. The summed E-state index contributed by atoms with van der Waals surface area (Å²) in [5.74, 6) is -0.300. The van der Waals surface area contributed by atoms with Crippen molar-refractivity contribution in [3.8, 4) is 0 Å². The third-order valence-corrected chi connectivity index (χ3v) is 4.68. The number of amides is 1. The van der Waals surface area contributed by atoms with Gasteiger partial charge in [-0.1, -0.05) is 31.0 Å². The van der Waals surface area contributed by atoms with Crippen LogP contribution in [-0.2, 0) is 11.3 Å². The van der Waals surface area contributed by atoms with Crippen LogP contribution >= 0.6 is 11.6 Å². The van der Waals surface area contributed by atoms with Crippen LogP contribution in [0.5, 0.6) is 0 Å². The van der Waals surface area contributed by atoms with Crippen molar-refractivity contribution in [1.82, 2.24) is 9.80 Å². The number of nitrogens with zero attached hydrogens (tertiary/aromatic N) is 2. The lowest BCUT2D eigenvalue weighted by Gasteiger charge is -2.38. The SMILES string of the molecule is CCCC(C)(N)C(=O)N1CCN(Cc2ccc(F)cc2Cl)CC1. The van der Waals surface area contributed by atoms with Gasteiger partial charge in [-0.05, 0) is 31.0 Å². The zero-order chi connectivity index (χ0) is 17.0. The first-order valence-electron chi connectivity index (χ1n) is 8.08. The zero-order valence-corrected chi connectivity index (χ0v) is 14.6. The van der Waals surface area contributed by atoms with Gasteiger partial charge in [0.1, 0.15) is 5.82 Å². The number of hydrogen-bond acceptors (Lipinski definition) is 3. The quantitative estimate of drug-likeness (QED) is 0.895. The number of benzene rings is 1. The first-order valence-corrected chi connectivity index (χ1v) is 8.46. The lowest BCUT2D eigenvalue weighted by Crippen LogP contribution is -2.58. The van der Waals surface area contributed by atoms with Crippen molar-refractivity contribution in [2.24, 2.45) is 5.73 Å². The summed E-state index contributed by atoms with van der Waals surface area (Å²) in [4.78, 5) is 16.6. The van der Waals surface area contributed by atoms with Crippen LogP contribution in [0.3, 0.4) is 0 Å². The van der Waals surface area contributed by atoms with Crippen LogP contribution in [0, 0.1) is 5.82 Å². The summed E-state index contributed by atoms with van der Waals surface area (Å²) in [7, 11) is 0. The van der Waals surface area contributed by atoms with E-state index in [1.165, 1.54) is 12.1 Å². The van der Waals surface area contributed by atoms with Crippen LogP contribution in [0.4, 0.5) is 4.39 Å². The van der Waals surface area contributed by atoms with Crippen molar-refractivity contribution in [2.75, 3.05) is 26.2 Å². The third-order valence-electron chi connectivity index (χ3n) is 4.33. The van der Waals surface area contributed by atoms with E-state index < -0.39 is 5.54 Å². The Bertz CT molecular complexity index is 557. The van der Waals surface area contributed by atoms with E-state index in [4.69, 9.17) is 17.3 Å². The van der Waals surface area contributed by atoms with E-state index in [-0.39, 0.29) is 11.7 Å². The van der Waals surface area contributed by atoms with Crippen molar-refractivity contribution in [3.05, 3.63) is 34.6 Å². The molecule has 2 rings (SSSR count). The minimum atomic E-state index is -0.781. The van der Waals surface area contributed by atoms with Gasteiger partial charge in [-0.25, -0.2) is 4.39 Å². The predicted octanol–water partition coefficient (Wildman–Crippen LogP) is 2.64. The molecule has 1 heterocycles. The molecule has 1 fully saturated rings. The van der Waals surface area contributed by atoms with Gasteiger partial charge in [0.25, 0.3) is 0 Å². The molecule has 4 nitrogen and oxygen atoms in total. The lowest BCUT2D eigenvalue weighted by atomic mass is 9.95. The second kappa shape index (κ2) is 7.60. The van der Waals surface area contributed by atoms with E-state index in [0.29, 0.717) is 31.1 Å². The number of rotatable bonds is 5. The van der Waals surface area contributed by atoms with Crippen molar-refractivity contribution < 1.29 is 9.18 Å². The Hall–Kier alpha value is -1.17. The Balaban J connectivity index is 1.90. The smallest absolute Gasteiger partial charge is 0.242 e. The molecule has 0 spiro atoms. The summed E-state index contributed by atoms with van der Waals surface area (Å²) in [6.45, 7) is 7.36. The Morgan fingerprint density at radius 2 is 2.00 bits per heavy atom. The Labute approximate surface area is 142 Å². The molecule has 0 aliphatic carbocycles. The molecule has 1 aromatic rings. The highest BCUT2D eigenvalue weighted by molar-refractivity contribution is 6.31. The number of carbonyl (C=O) groups is 1. The van der Waals surface area contributed by atoms with E-state index in [1.807, 2.05) is 18.7 Å². The maximum Gasteiger partial charge on any atom is 0.242 e. The van der Waals surface area contributed by atoms with Gasteiger partial charge in [0, 0.05) is 37.7 Å². The van der Waals surface area contributed by atoms with E-state index in [1.54, 1.807) is 6.07 Å². The normalized spacial score (nSPS) is 18.7. The molecular formula is C17H25ClFN3O. The van der Waals surface area contributed by atoms with Gasteiger partial charge >= 0.3 is 0 Å². The molecule has 2 N–H and O–H groups in total. The van der Waals surface area contributed by atoms with Gasteiger partial charge in [-0.2, -0.15) is 0 Å². The molecule has 1 aliphatic rings. The molecule has 1 atom stereocenters. The minimum absolute atomic E-state index is 0.0267. The molecule has 1 aromatic carbocycles. The van der Waals surface area contributed by atoms with Gasteiger partial charge in [0.2, 0.25) is 5.91 Å². The third kappa shape index (κ3) is 4.66. The van der Waals surface area contributed by atoms with Crippen molar-refractivity contribution in [1.29, 1.82) is 0 Å². The highest BCUT2D eigenvalue weighted by Gasteiger charge is 2.33. The lowest BCUT2D eigenvalue weighted by molar-refractivity contribution is -0.138. The second-order valence-corrected chi connectivity index (χ2v) is 6.88. The fraction of sp³-hybridized carbons (Fsp3) is 0.588. The molecule has 1 saturated heterocycles. The number of halogens is 2. The summed E-state index contributed by atoms with van der Waals surface area (Å²) in [5, 5.41) is 0.445. The highest BCUT2D eigenvalue weighted by atomic mass is 35.5. The number of nitrogens with two attached hydrogens (primary N) is 1. The average Bonchev–Trinajstić information content (AvgIpc) is 2.50. The molecule has 6 heteroatoms. The first-order chi connectivity index (χ1) is 10.8. The summed E-state index contributed by atoms with van der Waals surface area (Å²) in [6.07, 6.45) is 1.58. The molecule has 128 valence electrons. The maximum absolute atomic E-state index is 13.1. The molecule has 1 unspecified atom stereocenters. The molecule has 1 amide bonds. The fourth-order valence-corrected chi connectivity index (χ4v) is 3.21. The zero-order valence-electron chi connectivity index (χ0n) is 13.8. The summed E-state index contributed by atoms with van der Waals surface area (Å²) < 4.78 is 13.1. The van der Waals surface area contributed by atoms with E-state index in [9.17, 15) is 9.18 Å². The van der Waals surface area contributed by atoms with Crippen LogP contribution in [0.1, 0.15) is 32.3 Å². The van der Waals surface area contributed by atoms with Crippen LogP contribution in [0.2, 0.25) is 5.02 Å². The molecule has 23 heavy (non-hydrogen) atoms. The van der Waals surface area contributed by atoms with Gasteiger partial charge in [-0.3, -0.25) is 9.69 Å². The Morgan fingerprint density at radius 1 is 1.35 bits per heavy atom. The van der Waals surface area contributed by atoms with Crippen LogP contribution in [0.25, 0.3) is 0 Å². The van der Waals surface area contributed by atoms with E-state index >= 15 is 0 Å². The van der Waals surface area contributed by atoms with Gasteiger partial charge < -0.3 is 10.6 Å². The number of hydrogen-bond donors (Lipinski definition) is 1. The first kappa shape index (κ1) is 18.2. The van der Waals surface area contributed by atoms with Crippen LogP contribution < -0.4 is 5.73 Å². The maximum atomic E-state index is 13.1. The highest BCUT2D eigenvalue weighted by Crippen LogP contribution is 2.20. The summed E-state index contributed by atoms with van der Waals surface area (Å²) >= 11 is 6.07. The molecule has 0 saturated carbocycles. The van der Waals surface area contributed by atoms with Crippen LogP contribution in [0.15, 0.2) is 18.2 Å². The van der Waals surface area contributed by atoms with Gasteiger partial charge in [0.15, 0.2) is 0 Å². The molecule has 1 aliphatic heterocycles. The molecule has 0 aromatic heterocycles. The molecular weight excluding hydrogens is 317 g/mol. The molecule has 0 bridgehead atoms. The Kier molecular flexibility index (Phi) is 6.00. The van der Waals surface area contributed by atoms with E-state index in [2.05, 4.69) is 4.90 Å². The number of piperazine rings is 1. The van der Waals surface area contributed by atoms with Crippen LogP contribution in [-0.4, -0.2) is 47.4 Å². The topological polar surface area (TPSA) is 49.6 Å².